The van der Waals surface area contributed by atoms with E-state index in [9.17, 15) is 32.8 Å². The van der Waals surface area contributed by atoms with Gasteiger partial charge in [-0.25, -0.2) is 14.5 Å². The maximum Gasteiger partial charge on any atom is 0.416 e. The molecule has 3 aromatic carbocycles. The number of hydrogen-bond donors (Lipinski definition) is 1. The number of anilines is 2. The lowest BCUT2D eigenvalue weighted by molar-refractivity contribution is -0.137. The van der Waals surface area contributed by atoms with Gasteiger partial charge in [-0.15, -0.1) is 0 Å². The highest BCUT2D eigenvalue weighted by Gasteiger charge is 2.63. The number of likely N-dealkylation sites (tertiary alicyclic amines) is 1. The summed E-state index contributed by atoms with van der Waals surface area (Å²) in [5, 5.41) is 13.2. The van der Waals surface area contributed by atoms with E-state index in [1.165, 1.54) is 21.9 Å². The van der Waals surface area contributed by atoms with Gasteiger partial charge in [-0.05, 0) is 42.8 Å². The molecule has 0 radical (unpaired) electrons. The lowest BCUT2D eigenvalue weighted by Crippen LogP contribution is -2.55. The van der Waals surface area contributed by atoms with Crippen LogP contribution in [0.25, 0.3) is 10.8 Å². The molecule has 37 heavy (non-hydrogen) atoms. The van der Waals surface area contributed by atoms with E-state index in [2.05, 4.69) is 11.4 Å². The predicted molar refractivity (Wildman–Crippen MR) is 127 cm³/mol. The Kier molecular flexibility index (Phi) is 4.91. The average molecular weight is 505 g/mol. The Morgan fingerprint density at radius 3 is 2.38 bits per heavy atom. The number of alkyl halides is 3. The number of hydrogen-bond acceptors (Lipinski definition) is 4. The number of nitriles is 1. The lowest BCUT2D eigenvalue weighted by atomic mass is 10.0. The first kappa shape index (κ1) is 22.8. The number of piperazine rings is 1. The molecule has 1 N–H and O–H groups in total. The normalized spacial score (nSPS) is 22.5. The number of halogens is 3. The zero-order valence-electron chi connectivity index (χ0n) is 19.1. The van der Waals surface area contributed by atoms with Gasteiger partial charge in [0, 0.05) is 23.0 Å². The second-order valence-corrected chi connectivity index (χ2v) is 9.21. The largest absolute Gasteiger partial charge is 0.416 e. The number of amides is 5. The van der Waals surface area contributed by atoms with Crippen molar-refractivity contribution in [3.63, 3.8) is 0 Å². The van der Waals surface area contributed by atoms with Crippen molar-refractivity contribution < 1.29 is 27.6 Å². The summed E-state index contributed by atoms with van der Waals surface area (Å²) in [6.45, 7) is 0.203. The van der Waals surface area contributed by atoms with Gasteiger partial charge in [0.25, 0.3) is 5.91 Å². The molecule has 0 spiro atoms. The third-order valence-corrected chi connectivity index (χ3v) is 7.25. The minimum absolute atomic E-state index is 0.192. The molecule has 8 nitrogen and oxygen atoms in total. The van der Waals surface area contributed by atoms with Crippen molar-refractivity contribution in [2.45, 2.75) is 30.7 Å². The van der Waals surface area contributed by atoms with Crippen molar-refractivity contribution in [2.24, 2.45) is 0 Å². The molecule has 3 aromatic rings. The Labute approximate surface area is 208 Å². The summed E-state index contributed by atoms with van der Waals surface area (Å²) >= 11 is 0. The van der Waals surface area contributed by atoms with Crippen molar-refractivity contribution in [3.8, 4) is 6.07 Å². The van der Waals surface area contributed by atoms with Crippen LogP contribution in [0.4, 0.5) is 34.1 Å². The van der Waals surface area contributed by atoms with Gasteiger partial charge in [0.15, 0.2) is 0 Å². The number of benzene rings is 3. The highest BCUT2D eigenvalue weighted by Crippen LogP contribution is 2.44. The number of carbonyl (C=O) groups excluding carboxylic acids is 3. The molecule has 2 bridgehead atoms. The Bertz CT molecular complexity index is 1510. The number of rotatable bonds is 2. The van der Waals surface area contributed by atoms with E-state index in [-0.39, 0.29) is 18.3 Å². The van der Waals surface area contributed by atoms with Crippen LogP contribution in [0.3, 0.4) is 0 Å². The maximum atomic E-state index is 13.6. The topological polar surface area (TPSA) is 96.8 Å². The van der Waals surface area contributed by atoms with Crippen molar-refractivity contribution in [1.29, 1.82) is 5.26 Å². The fraction of sp³-hybridized carbons (Fsp3) is 0.231. The van der Waals surface area contributed by atoms with Gasteiger partial charge in [-0.3, -0.25) is 4.79 Å². The van der Waals surface area contributed by atoms with Crippen molar-refractivity contribution in [2.75, 3.05) is 16.8 Å². The summed E-state index contributed by atoms with van der Waals surface area (Å²) in [4.78, 5) is 44.1. The predicted octanol–water partition coefficient (Wildman–Crippen LogP) is 4.56. The highest BCUT2D eigenvalue weighted by atomic mass is 19.4. The number of fused-ring (bicyclic) bond motifs is 6. The third-order valence-electron chi connectivity index (χ3n) is 7.25. The van der Waals surface area contributed by atoms with Gasteiger partial charge in [-0.2, -0.15) is 18.4 Å². The first-order valence-electron chi connectivity index (χ1n) is 11.5. The Hall–Kier alpha value is -4.59. The van der Waals surface area contributed by atoms with Crippen molar-refractivity contribution in [1.82, 2.24) is 9.80 Å². The number of nitrogens with one attached hydrogen (secondary N) is 1. The molecule has 0 aliphatic carbocycles. The number of urea groups is 2. The maximum absolute atomic E-state index is 13.6. The van der Waals surface area contributed by atoms with Gasteiger partial charge >= 0.3 is 18.2 Å². The van der Waals surface area contributed by atoms with E-state index in [0.717, 1.165) is 17.0 Å². The molecule has 3 heterocycles. The number of nitrogens with zero attached hydrogens (tertiary/aromatic N) is 4. The minimum atomic E-state index is -4.48. The molecule has 0 saturated carbocycles. The summed E-state index contributed by atoms with van der Waals surface area (Å²) in [5.41, 5.74) is 0.160. The summed E-state index contributed by atoms with van der Waals surface area (Å²) in [6.07, 6.45) is -4.05. The van der Waals surface area contributed by atoms with Gasteiger partial charge < -0.3 is 15.1 Å². The second kappa shape index (κ2) is 7.96. The second-order valence-electron chi connectivity index (χ2n) is 9.21. The van der Waals surface area contributed by atoms with E-state index in [4.69, 9.17) is 0 Å². The third kappa shape index (κ3) is 3.40. The molecule has 6 rings (SSSR count). The van der Waals surface area contributed by atoms with E-state index in [1.54, 1.807) is 36.4 Å². The van der Waals surface area contributed by atoms with Gasteiger partial charge in [0.1, 0.15) is 6.04 Å². The molecule has 3 fully saturated rings. The number of carbonyl (C=O) groups is 3. The molecule has 186 valence electrons. The molecule has 11 heteroatoms. The average Bonchev–Trinajstić information content (AvgIpc) is 3.55. The van der Waals surface area contributed by atoms with Gasteiger partial charge in [-0.1, -0.05) is 24.3 Å². The van der Waals surface area contributed by atoms with Crippen LogP contribution in [0.1, 0.15) is 17.5 Å². The summed E-state index contributed by atoms with van der Waals surface area (Å²) in [7, 11) is 0. The summed E-state index contributed by atoms with van der Waals surface area (Å²) in [5.74, 6) is -0.459. The van der Waals surface area contributed by atoms with E-state index < -0.39 is 41.8 Å². The van der Waals surface area contributed by atoms with E-state index in [0.29, 0.717) is 28.4 Å². The molecule has 3 unspecified atom stereocenters. The monoisotopic (exact) mass is 505 g/mol. The zero-order chi connectivity index (χ0) is 26.1. The molecule has 3 aliphatic rings. The molecule has 0 aromatic heterocycles. The highest BCUT2D eigenvalue weighted by molar-refractivity contribution is 6.25. The smallest absolute Gasteiger partial charge is 0.317 e. The first-order valence-corrected chi connectivity index (χ1v) is 11.5. The Morgan fingerprint density at radius 2 is 1.70 bits per heavy atom. The molecular formula is C26H18F3N5O3. The van der Waals surface area contributed by atoms with Gasteiger partial charge in [0.05, 0.1) is 35.0 Å². The van der Waals surface area contributed by atoms with Crippen molar-refractivity contribution in [3.05, 3.63) is 71.8 Å². The summed E-state index contributed by atoms with van der Waals surface area (Å²) < 4.78 is 38.5. The molecule has 3 atom stereocenters. The van der Waals surface area contributed by atoms with Crippen LogP contribution >= 0.6 is 0 Å². The van der Waals surface area contributed by atoms with E-state index in [1.807, 2.05) is 0 Å². The Morgan fingerprint density at radius 1 is 1.00 bits per heavy atom. The van der Waals surface area contributed by atoms with Crippen molar-refractivity contribution >= 4 is 40.1 Å². The standard InChI is InChI=1S/C26H18F3N5O3/c27-26(28,29)15-6-8-16(9-7-15)31-24(36)32-13-17-11-21(32)22-23(35)34(25(37)33(17)22)20-10-5-14(12-30)18-3-1-2-4-19(18)20/h1-10,17,21-22H,11,13H2,(H,31,36). The van der Waals surface area contributed by atoms with Crippen LogP contribution in [0, 0.1) is 11.3 Å². The number of imide groups is 1. The van der Waals surface area contributed by atoms with Crippen LogP contribution in [-0.4, -0.2) is 52.4 Å². The minimum Gasteiger partial charge on any atom is -0.317 e. The van der Waals surface area contributed by atoms with Crippen LogP contribution in [-0.2, 0) is 11.0 Å². The first-order chi connectivity index (χ1) is 17.7. The van der Waals surface area contributed by atoms with Crippen LogP contribution in [0.15, 0.2) is 60.7 Å². The molecule has 3 saturated heterocycles. The van der Waals surface area contributed by atoms with Crippen LogP contribution in [0.2, 0.25) is 0 Å². The molecular weight excluding hydrogens is 487 g/mol. The fourth-order valence-electron chi connectivity index (χ4n) is 5.63. The van der Waals surface area contributed by atoms with Crippen LogP contribution < -0.4 is 10.2 Å². The van der Waals surface area contributed by atoms with Gasteiger partial charge in [0.2, 0.25) is 0 Å². The molecule has 3 aliphatic heterocycles. The molecule has 5 amide bonds. The van der Waals surface area contributed by atoms with E-state index >= 15 is 0 Å². The SMILES string of the molecule is N#Cc1ccc(N2C(=O)C3C4CC(CN4C(=O)Nc4ccc(C(F)(F)F)cc4)N3C2=O)c2ccccc12. The lowest BCUT2D eigenvalue weighted by Gasteiger charge is -2.34. The zero-order valence-corrected chi connectivity index (χ0v) is 19.1. The van der Waals surface area contributed by atoms with Crippen LogP contribution in [0.5, 0.6) is 0 Å². The Balaban J connectivity index is 1.26. The fourth-order valence-corrected chi connectivity index (χ4v) is 5.63. The summed E-state index contributed by atoms with van der Waals surface area (Å²) in [6, 6.07) is 13.6. The quantitative estimate of drug-likeness (QED) is 0.517.